The second kappa shape index (κ2) is 7.25. The third-order valence-corrected chi connectivity index (χ3v) is 4.60. The van der Waals surface area contributed by atoms with Gasteiger partial charge in [0.2, 0.25) is 5.91 Å². The van der Waals surface area contributed by atoms with E-state index < -0.39 is 0 Å². The van der Waals surface area contributed by atoms with Crippen LogP contribution in [0.25, 0.3) is 0 Å². The molecule has 19 heavy (non-hydrogen) atoms. The lowest BCUT2D eigenvalue weighted by Gasteiger charge is -2.32. The molecule has 0 aliphatic heterocycles. The molecule has 3 N–H and O–H groups in total. The second-order valence-corrected chi connectivity index (χ2v) is 6.80. The van der Waals surface area contributed by atoms with Gasteiger partial charge in [-0.2, -0.15) is 0 Å². The van der Waals surface area contributed by atoms with E-state index in [4.69, 9.17) is 5.73 Å². The fraction of sp³-hybridized carbons (Fsp3) is 0.933. The van der Waals surface area contributed by atoms with Gasteiger partial charge in [0.1, 0.15) is 0 Å². The van der Waals surface area contributed by atoms with Gasteiger partial charge in [-0.3, -0.25) is 4.79 Å². The maximum atomic E-state index is 11.9. The summed E-state index contributed by atoms with van der Waals surface area (Å²) < 4.78 is 0. The van der Waals surface area contributed by atoms with E-state index in [-0.39, 0.29) is 11.4 Å². The smallest absolute Gasteiger partial charge is 0.220 e. The molecule has 0 heterocycles. The van der Waals surface area contributed by atoms with Gasteiger partial charge in [0.25, 0.3) is 0 Å². The molecule has 0 spiro atoms. The lowest BCUT2D eigenvalue weighted by atomic mass is 9.84. The van der Waals surface area contributed by atoms with E-state index in [1.807, 2.05) is 14.1 Å². The summed E-state index contributed by atoms with van der Waals surface area (Å²) in [5.74, 6) is 0.886. The summed E-state index contributed by atoms with van der Waals surface area (Å²) in [7, 11) is 4.08. The minimum atomic E-state index is 0.00721. The van der Waals surface area contributed by atoms with Crippen molar-refractivity contribution in [1.82, 2.24) is 10.2 Å². The van der Waals surface area contributed by atoms with E-state index in [2.05, 4.69) is 24.1 Å². The number of amides is 1. The Kier molecular flexibility index (Phi) is 6.27. The predicted octanol–water partition coefficient (Wildman–Crippen LogP) is 1.74. The molecule has 0 bridgehead atoms. The van der Waals surface area contributed by atoms with E-state index in [0.29, 0.717) is 24.9 Å². The van der Waals surface area contributed by atoms with Crippen molar-refractivity contribution in [1.29, 1.82) is 0 Å². The van der Waals surface area contributed by atoms with Crippen LogP contribution in [-0.2, 0) is 4.79 Å². The van der Waals surface area contributed by atoms with Gasteiger partial charge >= 0.3 is 0 Å². The Morgan fingerprint density at radius 2 is 1.84 bits per heavy atom. The average molecular weight is 269 g/mol. The van der Waals surface area contributed by atoms with Gasteiger partial charge in [0, 0.05) is 24.5 Å². The van der Waals surface area contributed by atoms with Crippen LogP contribution in [0.3, 0.4) is 0 Å². The molecule has 0 aromatic heterocycles. The van der Waals surface area contributed by atoms with Crippen molar-refractivity contribution in [2.75, 3.05) is 20.6 Å². The minimum Gasteiger partial charge on any atom is -0.354 e. The fourth-order valence-electron chi connectivity index (χ4n) is 2.37. The maximum absolute atomic E-state index is 11.9. The molecule has 112 valence electrons. The van der Waals surface area contributed by atoms with Crippen LogP contribution in [0.15, 0.2) is 0 Å². The van der Waals surface area contributed by atoms with Crippen molar-refractivity contribution < 1.29 is 4.79 Å². The average Bonchev–Trinajstić information content (AvgIpc) is 2.35. The lowest BCUT2D eigenvalue weighted by Crippen LogP contribution is -2.48. The second-order valence-electron chi connectivity index (χ2n) is 6.80. The molecule has 1 amide bonds. The van der Waals surface area contributed by atoms with Crippen LogP contribution in [0, 0.1) is 5.92 Å². The zero-order valence-electron chi connectivity index (χ0n) is 13.0. The van der Waals surface area contributed by atoms with E-state index in [1.54, 1.807) is 0 Å². The number of likely N-dealkylation sites (N-methyl/N-ethyl adjacent to an activating group) is 1. The van der Waals surface area contributed by atoms with Crippen molar-refractivity contribution in [3.8, 4) is 0 Å². The molecule has 0 saturated heterocycles. The number of hydrogen-bond acceptors (Lipinski definition) is 3. The highest BCUT2D eigenvalue weighted by atomic mass is 16.1. The third kappa shape index (κ3) is 5.91. The van der Waals surface area contributed by atoms with Crippen LogP contribution in [0.4, 0.5) is 0 Å². The molecule has 0 aromatic carbocycles. The Hall–Kier alpha value is -0.610. The van der Waals surface area contributed by atoms with Crippen LogP contribution in [-0.4, -0.2) is 43.0 Å². The first-order valence-corrected chi connectivity index (χ1v) is 7.51. The summed E-state index contributed by atoms with van der Waals surface area (Å²) >= 11 is 0. The molecule has 4 heteroatoms. The Morgan fingerprint density at radius 1 is 1.26 bits per heavy atom. The first-order chi connectivity index (χ1) is 8.81. The van der Waals surface area contributed by atoms with Crippen LogP contribution in [0.2, 0.25) is 0 Å². The van der Waals surface area contributed by atoms with Crippen molar-refractivity contribution >= 4 is 5.91 Å². The monoisotopic (exact) mass is 269 g/mol. The number of carbonyl (C=O) groups excluding carboxylic acids is 1. The Labute approximate surface area is 118 Å². The van der Waals surface area contributed by atoms with Gasteiger partial charge in [-0.05, 0) is 66.0 Å². The van der Waals surface area contributed by atoms with Gasteiger partial charge in [-0.15, -0.1) is 0 Å². The molecule has 1 saturated carbocycles. The summed E-state index contributed by atoms with van der Waals surface area (Å²) in [6.45, 7) is 4.97. The van der Waals surface area contributed by atoms with Crippen molar-refractivity contribution in [3.63, 3.8) is 0 Å². The number of carbonyl (C=O) groups is 1. The molecular formula is C15H31N3O. The van der Waals surface area contributed by atoms with Gasteiger partial charge in [0.15, 0.2) is 0 Å². The molecule has 0 unspecified atom stereocenters. The molecule has 0 radical (unpaired) electrons. The van der Waals surface area contributed by atoms with E-state index in [0.717, 1.165) is 19.3 Å². The summed E-state index contributed by atoms with van der Waals surface area (Å²) in [4.78, 5) is 14.0. The first-order valence-electron chi connectivity index (χ1n) is 7.51. The van der Waals surface area contributed by atoms with Gasteiger partial charge in [0.05, 0.1) is 0 Å². The van der Waals surface area contributed by atoms with Crippen molar-refractivity contribution in [2.45, 2.75) is 64.0 Å². The van der Waals surface area contributed by atoms with Crippen LogP contribution >= 0.6 is 0 Å². The molecule has 0 aromatic rings. The minimum absolute atomic E-state index is 0.00721. The Morgan fingerprint density at radius 3 is 2.37 bits per heavy atom. The SMILES string of the molecule is CN(C)C(C)(C)CNC(=O)CCC1CCC(N)CC1. The number of rotatable bonds is 6. The molecule has 1 rings (SSSR count). The van der Waals surface area contributed by atoms with Gasteiger partial charge in [-0.25, -0.2) is 0 Å². The highest BCUT2D eigenvalue weighted by Gasteiger charge is 2.22. The summed E-state index contributed by atoms with van der Waals surface area (Å²) in [6.07, 6.45) is 6.31. The molecule has 1 aliphatic rings. The molecular weight excluding hydrogens is 238 g/mol. The predicted molar refractivity (Wildman–Crippen MR) is 79.9 cm³/mol. The fourth-order valence-corrected chi connectivity index (χ4v) is 2.37. The van der Waals surface area contributed by atoms with E-state index in [9.17, 15) is 4.79 Å². The number of nitrogens with one attached hydrogen (secondary N) is 1. The summed E-state index contributed by atoms with van der Waals surface area (Å²) in [5.41, 5.74) is 5.90. The Balaban J connectivity index is 2.18. The molecule has 4 nitrogen and oxygen atoms in total. The van der Waals surface area contributed by atoms with Crippen molar-refractivity contribution in [3.05, 3.63) is 0 Å². The largest absolute Gasteiger partial charge is 0.354 e. The Bertz CT molecular complexity index is 281. The molecule has 0 atom stereocenters. The van der Waals surface area contributed by atoms with E-state index in [1.165, 1.54) is 12.8 Å². The first kappa shape index (κ1) is 16.4. The molecule has 1 fully saturated rings. The maximum Gasteiger partial charge on any atom is 0.220 e. The number of hydrogen-bond donors (Lipinski definition) is 2. The topological polar surface area (TPSA) is 58.4 Å². The van der Waals surface area contributed by atoms with Gasteiger partial charge in [-0.1, -0.05) is 0 Å². The van der Waals surface area contributed by atoms with Crippen LogP contribution in [0.1, 0.15) is 52.4 Å². The standard InChI is InChI=1S/C15H31N3O/c1-15(2,18(3)4)11-17-14(19)10-7-12-5-8-13(16)9-6-12/h12-13H,5-11,16H2,1-4H3,(H,17,19). The van der Waals surface area contributed by atoms with Crippen LogP contribution < -0.4 is 11.1 Å². The zero-order chi connectivity index (χ0) is 14.5. The number of nitrogens with two attached hydrogens (primary N) is 1. The summed E-state index contributed by atoms with van der Waals surface area (Å²) in [6, 6.07) is 0.394. The highest BCUT2D eigenvalue weighted by molar-refractivity contribution is 5.75. The van der Waals surface area contributed by atoms with Gasteiger partial charge < -0.3 is 16.0 Å². The normalized spacial score (nSPS) is 24.5. The zero-order valence-corrected chi connectivity index (χ0v) is 13.0. The quantitative estimate of drug-likeness (QED) is 0.772. The van der Waals surface area contributed by atoms with Crippen LogP contribution in [0.5, 0.6) is 0 Å². The molecule has 1 aliphatic carbocycles. The number of nitrogens with zero attached hydrogens (tertiary/aromatic N) is 1. The van der Waals surface area contributed by atoms with Crippen molar-refractivity contribution in [2.24, 2.45) is 11.7 Å². The van der Waals surface area contributed by atoms with E-state index >= 15 is 0 Å². The lowest BCUT2D eigenvalue weighted by molar-refractivity contribution is -0.121. The highest BCUT2D eigenvalue weighted by Crippen LogP contribution is 2.26. The summed E-state index contributed by atoms with van der Waals surface area (Å²) in [5, 5.41) is 3.05. The third-order valence-electron chi connectivity index (χ3n) is 4.60.